The second-order valence-corrected chi connectivity index (χ2v) is 6.71. The Labute approximate surface area is 125 Å². The molecule has 0 unspecified atom stereocenters. The zero-order chi connectivity index (χ0) is 15.3. The first kappa shape index (κ1) is 15.9. The fourth-order valence-electron chi connectivity index (χ4n) is 2.14. The molecule has 0 saturated carbocycles. The van der Waals surface area contributed by atoms with Gasteiger partial charge in [-0.3, -0.25) is 0 Å². The predicted molar refractivity (Wildman–Crippen MR) is 79.4 cm³/mol. The summed E-state index contributed by atoms with van der Waals surface area (Å²) in [6, 6.07) is 5.32. The van der Waals surface area contributed by atoms with E-state index in [0.717, 1.165) is 0 Å². The molecule has 1 aromatic carbocycles. The lowest BCUT2D eigenvalue weighted by molar-refractivity contribution is 0.173. The van der Waals surface area contributed by atoms with Gasteiger partial charge in [-0.15, -0.1) is 0 Å². The summed E-state index contributed by atoms with van der Waals surface area (Å²) in [5.74, 6) is 2.10. The summed E-state index contributed by atoms with van der Waals surface area (Å²) in [5.41, 5.74) is 0. The van der Waals surface area contributed by atoms with Crippen LogP contribution in [0.2, 0.25) is 0 Å². The average Bonchev–Trinajstić information content (AvgIpc) is 2.92. The van der Waals surface area contributed by atoms with Gasteiger partial charge in [0.2, 0.25) is 16.8 Å². The van der Waals surface area contributed by atoms with Crippen LogP contribution in [0, 0.1) is 0 Å². The van der Waals surface area contributed by atoms with Crippen LogP contribution in [0.1, 0.15) is 20.3 Å². The lowest BCUT2D eigenvalue weighted by atomic mass is 10.3. The molecule has 1 aliphatic rings. The van der Waals surface area contributed by atoms with Crippen molar-refractivity contribution in [2.75, 3.05) is 32.2 Å². The molecule has 0 radical (unpaired) electrons. The van der Waals surface area contributed by atoms with Crippen LogP contribution < -0.4 is 14.2 Å². The molecule has 0 saturated heterocycles. The van der Waals surface area contributed by atoms with Crippen LogP contribution >= 0.6 is 0 Å². The van der Waals surface area contributed by atoms with Crippen molar-refractivity contribution in [1.82, 2.24) is 4.31 Å². The maximum absolute atomic E-state index is 12.0. The van der Waals surface area contributed by atoms with Crippen LogP contribution in [0.3, 0.4) is 0 Å². The Bertz CT molecular complexity index is 569. The molecule has 1 heterocycles. The smallest absolute Gasteiger partial charge is 0.231 e. The summed E-state index contributed by atoms with van der Waals surface area (Å²) in [4.78, 5) is 0. The number of fused-ring (bicyclic) bond motifs is 1. The second kappa shape index (κ2) is 7.00. The third-order valence-corrected chi connectivity index (χ3v) is 5.37. The highest BCUT2D eigenvalue weighted by Crippen LogP contribution is 2.35. The summed E-state index contributed by atoms with van der Waals surface area (Å²) in [6.07, 6.45) is 0.452. The van der Waals surface area contributed by atoms with Gasteiger partial charge in [-0.05, 0) is 18.6 Å². The fourth-order valence-corrected chi connectivity index (χ4v) is 3.67. The molecular formula is C14H21NO5S. The van der Waals surface area contributed by atoms with Crippen molar-refractivity contribution in [2.45, 2.75) is 20.3 Å². The number of benzene rings is 1. The van der Waals surface area contributed by atoms with Gasteiger partial charge in [0, 0.05) is 19.2 Å². The zero-order valence-electron chi connectivity index (χ0n) is 12.4. The molecule has 0 spiro atoms. The topological polar surface area (TPSA) is 65.1 Å². The van der Waals surface area contributed by atoms with E-state index in [-0.39, 0.29) is 12.5 Å². The molecule has 1 aromatic rings. The molecule has 0 bridgehead atoms. The first-order valence-corrected chi connectivity index (χ1v) is 8.68. The Morgan fingerprint density at radius 1 is 1.19 bits per heavy atom. The number of rotatable bonds is 8. The third-order valence-electron chi connectivity index (χ3n) is 3.26. The van der Waals surface area contributed by atoms with E-state index in [0.29, 0.717) is 43.4 Å². The van der Waals surface area contributed by atoms with Crippen LogP contribution in [-0.2, 0) is 10.0 Å². The van der Waals surface area contributed by atoms with Crippen molar-refractivity contribution in [1.29, 1.82) is 0 Å². The largest absolute Gasteiger partial charge is 0.493 e. The van der Waals surface area contributed by atoms with Gasteiger partial charge in [-0.2, -0.15) is 0 Å². The van der Waals surface area contributed by atoms with Crippen LogP contribution in [0.4, 0.5) is 0 Å². The number of sulfonamides is 1. The lowest BCUT2D eigenvalue weighted by Gasteiger charge is -2.18. The Hall–Kier alpha value is -1.47. The number of hydrogen-bond acceptors (Lipinski definition) is 5. The monoisotopic (exact) mass is 315 g/mol. The Balaban J connectivity index is 1.80. The van der Waals surface area contributed by atoms with E-state index in [1.54, 1.807) is 18.2 Å². The van der Waals surface area contributed by atoms with E-state index in [1.807, 2.05) is 13.8 Å². The van der Waals surface area contributed by atoms with E-state index >= 15 is 0 Å². The molecule has 0 amide bonds. The van der Waals surface area contributed by atoms with E-state index in [9.17, 15) is 8.42 Å². The SMILES string of the molecule is CCN(CC)S(=O)(=O)CCCOc1ccc2c(c1)OCO2. The third kappa shape index (κ3) is 4.01. The highest BCUT2D eigenvalue weighted by molar-refractivity contribution is 7.89. The molecule has 0 atom stereocenters. The molecular weight excluding hydrogens is 294 g/mol. The quantitative estimate of drug-likeness (QED) is 0.685. The Morgan fingerprint density at radius 3 is 2.62 bits per heavy atom. The van der Waals surface area contributed by atoms with Crippen molar-refractivity contribution < 1.29 is 22.6 Å². The molecule has 118 valence electrons. The standard InChI is InChI=1S/C14H21NO5S/c1-3-15(4-2)21(16,17)9-5-8-18-12-6-7-13-14(10-12)20-11-19-13/h6-7,10H,3-5,8-9,11H2,1-2H3. The van der Waals surface area contributed by atoms with Gasteiger partial charge in [0.1, 0.15) is 5.75 Å². The summed E-state index contributed by atoms with van der Waals surface area (Å²) < 4.78 is 41.5. The van der Waals surface area contributed by atoms with Crippen LogP contribution in [0.5, 0.6) is 17.2 Å². The van der Waals surface area contributed by atoms with Crippen LogP contribution in [-0.4, -0.2) is 45.0 Å². The number of ether oxygens (including phenoxy) is 3. The first-order valence-electron chi connectivity index (χ1n) is 7.07. The van der Waals surface area contributed by atoms with Gasteiger partial charge in [0.25, 0.3) is 0 Å². The minimum absolute atomic E-state index is 0.0965. The minimum Gasteiger partial charge on any atom is -0.493 e. The van der Waals surface area contributed by atoms with Crippen molar-refractivity contribution >= 4 is 10.0 Å². The normalized spacial score (nSPS) is 13.7. The van der Waals surface area contributed by atoms with Gasteiger partial charge in [-0.25, -0.2) is 12.7 Å². The van der Waals surface area contributed by atoms with Crippen molar-refractivity contribution in [2.24, 2.45) is 0 Å². The fraction of sp³-hybridized carbons (Fsp3) is 0.571. The van der Waals surface area contributed by atoms with Crippen molar-refractivity contribution in [3.63, 3.8) is 0 Å². The Kier molecular flexibility index (Phi) is 5.30. The molecule has 0 fully saturated rings. The van der Waals surface area contributed by atoms with Crippen LogP contribution in [0.25, 0.3) is 0 Å². The summed E-state index contributed by atoms with van der Waals surface area (Å²) in [5, 5.41) is 0. The predicted octanol–water partition coefficient (Wildman–Crippen LogP) is 1.86. The maximum Gasteiger partial charge on any atom is 0.231 e. The van der Waals surface area contributed by atoms with E-state index in [4.69, 9.17) is 14.2 Å². The molecule has 21 heavy (non-hydrogen) atoms. The van der Waals surface area contributed by atoms with Gasteiger partial charge in [-0.1, -0.05) is 13.8 Å². The van der Waals surface area contributed by atoms with Gasteiger partial charge >= 0.3 is 0 Å². The molecule has 2 rings (SSSR count). The van der Waals surface area contributed by atoms with Gasteiger partial charge in [0.15, 0.2) is 11.5 Å². The van der Waals surface area contributed by atoms with Crippen molar-refractivity contribution in [3.05, 3.63) is 18.2 Å². The molecule has 1 aliphatic heterocycles. The highest BCUT2D eigenvalue weighted by atomic mass is 32.2. The average molecular weight is 315 g/mol. The van der Waals surface area contributed by atoms with Gasteiger partial charge in [0.05, 0.1) is 12.4 Å². The molecule has 0 N–H and O–H groups in total. The van der Waals surface area contributed by atoms with Crippen LogP contribution in [0.15, 0.2) is 18.2 Å². The summed E-state index contributed by atoms with van der Waals surface area (Å²) in [6.45, 7) is 5.25. The first-order chi connectivity index (χ1) is 10.1. The minimum atomic E-state index is -3.18. The second-order valence-electron chi connectivity index (χ2n) is 4.62. The van der Waals surface area contributed by atoms with E-state index in [2.05, 4.69) is 0 Å². The summed E-state index contributed by atoms with van der Waals surface area (Å²) in [7, 11) is -3.18. The maximum atomic E-state index is 12.0. The zero-order valence-corrected chi connectivity index (χ0v) is 13.2. The highest BCUT2D eigenvalue weighted by Gasteiger charge is 2.18. The van der Waals surface area contributed by atoms with E-state index < -0.39 is 10.0 Å². The molecule has 0 aliphatic carbocycles. The molecule has 0 aromatic heterocycles. The van der Waals surface area contributed by atoms with Gasteiger partial charge < -0.3 is 14.2 Å². The summed E-state index contributed by atoms with van der Waals surface area (Å²) >= 11 is 0. The van der Waals surface area contributed by atoms with E-state index in [1.165, 1.54) is 4.31 Å². The molecule has 6 nitrogen and oxygen atoms in total. The Morgan fingerprint density at radius 2 is 1.90 bits per heavy atom. The molecule has 7 heteroatoms. The lowest BCUT2D eigenvalue weighted by Crippen LogP contribution is -2.33. The number of hydrogen-bond donors (Lipinski definition) is 0. The number of nitrogens with zero attached hydrogens (tertiary/aromatic N) is 1. The van der Waals surface area contributed by atoms with Crippen molar-refractivity contribution in [3.8, 4) is 17.2 Å².